The van der Waals surface area contributed by atoms with Crippen LogP contribution in [0.4, 0.5) is 0 Å². The van der Waals surface area contributed by atoms with Crippen LogP contribution < -0.4 is 0 Å². The van der Waals surface area contributed by atoms with Gasteiger partial charge < -0.3 is 5.41 Å². The van der Waals surface area contributed by atoms with Gasteiger partial charge in [0.25, 0.3) is 0 Å². The van der Waals surface area contributed by atoms with Crippen LogP contribution in [-0.2, 0) is 0 Å². The highest BCUT2D eigenvalue weighted by atomic mass is 14.4. The maximum Gasteiger partial charge on any atom is 0.0120 e. The third-order valence-corrected chi connectivity index (χ3v) is 2.49. The number of hydrogen-bond donors (Lipinski definition) is 1. The summed E-state index contributed by atoms with van der Waals surface area (Å²) in [5.41, 5.74) is 2.27. The summed E-state index contributed by atoms with van der Waals surface area (Å²) in [6.45, 7) is 6.05. The summed E-state index contributed by atoms with van der Waals surface area (Å²) < 4.78 is 0. The molecular formula is C10H17N. The van der Waals surface area contributed by atoms with E-state index in [2.05, 4.69) is 13.5 Å². The van der Waals surface area contributed by atoms with Gasteiger partial charge >= 0.3 is 0 Å². The lowest BCUT2D eigenvalue weighted by molar-refractivity contribution is 0.514. The van der Waals surface area contributed by atoms with Gasteiger partial charge in [-0.15, -0.1) is 0 Å². The second-order valence-corrected chi connectivity index (χ2v) is 3.42. The van der Waals surface area contributed by atoms with Gasteiger partial charge in [-0.05, 0) is 32.1 Å². The number of nitrogens with one attached hydrogen (secondary N) is 1. The minimum Gasteiger partial charge on any atom is -0.309 e. The summed E-state index contributed by atoms with van der Waals surface area (Å²) in [6, 6.07) is 0. The molecule has 1 aliphatic rings. The zero-order chi connectivity index (χ0) is 8.27. The molecule has 1 unspecified atom stereocenters. The van der Waals surface area contributed by atoms with Crippen molar-refractivity contribution in [3.63, 3.8) is 0 Å². The Bertz CT molecular complexity index is 170. The van der Waals surface area contributed by atoms with Crippen molar-refractivity contribution in [1.29, 1.82) is 5.41 Å². The van der Waals surface area contributed by atoms with E-state index in [9.17, 15) is 0 Å². The standard InChI is InChI=1S/C10H17N/c1-3-10(11)9-6-4-5-8(2)7-9/h9,11H,2-7H2,1H3. The maximum absolute atomic E-state index is 7.68. The quantitative estimate of drug-likeness (QED) is 0.463. The summed E-state index contributed by atoms with van der Waals surface area (Å²) >= 11 is 0. The molecular weight excluding hydrogens is 134 g/mol. The first-order chi connectivity index (χ1) is 5.24. The Hall–Kier alpha value is -0.590. The summed E-state index contributed by atoms with van der Waals surface area (Å²) in [7, 11) is 0. The molecule has 0 aromatic heterocycles. The molecule has 1 atom stereocenters. The van der Waals surface area contributed by atoms with Gasteiger partial charge in [0, 0.05) is 11.6 Å². The van der Waals surface area contributed by atoms with Crippen molar-refractivity contribution in [3.8, 4) is 0 Å². The SMILES string of the molecule is C=C1CCCC(C(=N)CC)C1. The van der Waals surface area contributed by atoms with Crippen LogP contribution in [0.1, 0.15) is 39.0 Å². The van der Waals surface area contributed by atoms with Crippen LogP contribution in [0.5, 0.6) is 0 Å². The molecule has 0 radical (unpaired) electrons. The van der Waals surface area contributed by atoms with Crippen molar-refractivity contribution >= 4 is 5.71 Å². The van der Waals surface area contributed by atoms with E-state index in [4.69, 9.17) is 5.41 Å². The van der Waals surface area contributed by atoms with Gasteiger partial charge in [-0.1, -0.05) is 19.1 Å². The van der Waals surface area contributed by atoms with Gasteiger partial charge in [0.2, 0.25) is 0 Å². The van der Waals surface area contributed by atoms with Crippen molar-refractivity contribution in [3.05, 3.63) is 12.2 Å². The highest BCUT2D eigenvalue weighted by Gasteiger charge is 2.18. The Balaban J connectivity index is 2.45. The maximum atomic E-state index is 7.68. The Morgan fingerprint density at radius 2 is 2.45 bits per heavy atom. The summed E-state index contributed by atoms with van der Waals surface area (Å²) in [4.78, 5) is 0. The Labute approximate surface area is 69.0 Å². The fourth-order valence-electron chi connectivity index (χ4n) is 1.74. The predicted molar refractivity (Wildman–Crippen MR) is 49.1 cm³/mol. The van der Waals surface area contributed by atoms with Crippen LogP contribution in [-0.4, -0.2) is 5.71 Å². The first-order valence-corrected chi connectivity index (χ1v) is 4.48. The lowest BCUT2D eigenvalue weighted by Crippen LogP contribution is -2.16. The molecule has 0 aromatic carbocycles. The molecule has 1 aliphatic carbocycles. The zero-order valence-corrected chi connectivity index (χ0v) is 7.32. The lowest BCUT2D eigenvalue weighted by atomic mass is 9.82. The highest BCUT2D eigenvalue weighted by molar-refractivity contribution is 5.83. The van der Waals surface area contributed by atoms with E-state index in [1.807, 2.05) is 0 Å². The molecule has 0 aromatic rings. The van der Waals surface area contributed by atoms with E-state index in [0.717, 1.165) is 18.6 Å². The highest BCUT2D eigenvalue weighted by Crippen LogP contribution is 2.28. The fourth-order valence-corrected chi connectivity index (χ4v) is 1.74. The minimum atomic E-state index is 0.529. The molecule has 1 fully saturated rings. The summed E-state index contributed by atoms with van der Waals surface area (Å²) in [5.74, 6) is 0.529. The summed E-state index contributed by atoms with van der Waals surface area (Å²) in [6.07, 6.45) is 5.63. The van der Waals surface area contributed by atoms with E-state index in [1.54, 1.807) is 0 Å². The first-order valence-electron chi connectivity index (χ1n) is 4.48. The molecule has 1 nitrogen and oxygen atoms in total. The molecule has 0 aliphatic heterocycles. The molecule has 0 spiro atoms. The van der Waals surface area contributed by atoms with Gasteiger partial charge in [-0.25, -0.2) is 0 Å². The third-order valence-electron chi connectivity index (χ3n) is 2.49. The molecule has 1 heteroatoms. The van der Waals surface area contributed by atoms with E-state index >= 15 is 0 Å². The molecule has 11 heavy (non-hydrogen) atoms. The normalized spacial score (nSPS) is 25.2. The van der Waals surface area contributed by atoms with Crippen molar-refractivity contribution in [2.75, 3.05) is 0 Å². The topological polar surface area (TPSA) is 23.9 Å². The van der Waals surface area contributed by atoms with E-state index in [1.165, 1.54) is 24.8 Å². The molecule has 0 amide bonds. The van der Waals surface area contributed by atoms with Crippen LogP contribution in [0.15, 0.2) is 12.2 Å². The van der Waals surface area contributed by atoms with Crippen molar-refractivity contribution in [2.24, 2.45) is 5.92 Å². The molecule has 1 saturated carbocycles. The van der Waals surface area contributed by atoms with Crippen molar-refractivity contribution < 1.29 is 0 Å². The monoisotopic (exact) mass is 151 g/mol. The molecule has 0 heterocycles. The number of allylic oxidation sites excluding steroid dienone is 1. The van der Waals surface area contributed by atoms with Crippen LogP contribution in [0.25, 0.3) is 0 Å². The second kappa shape index (κ2) is 3.70. The van der Waals surface area contributed by atoms with Gasteiger partial charge in [0.1, 0.15) is 0 Å². The Morgan fingerprint density at radius 1 is 1.73 bits per heavy atom. The molecule has 62 valence electrons. The van der Waals surface area contributed by atoms with Crippen molar-refractivity contribution in [1.82, 2.24) is 0 Å². The van der Waals surface area contributed by atoms with Crippen LogP contribution in [0.2, 0.25) is 0 Å². The fraction of sp³-hybridized carbons (Fsp3) is 0.700. The van der Waals surface area contributed by atoms with Crippen LogP contribution >= 0.6 is 0 Å². The summed E-state index contributed by atoms with van der Waals surface area (Å²) in [5, 5.41) is 7.68. The smallest absolute Gasteiger partial charge is 0.0120 e. The molecule has 0 saturated heterocycles. The van der Waals surface area contributed by atoms with Crippen molar-refractivity contribution in [2.45, 2.75) is 39.0 Å². The number of rotatable bonds is 2. The van der Waals surface area contributed by atoms with Gasteiger partial charge in [0.05, 0.1) is 0 Å². The lowest BCUT2D eigenvalue weighted by Gasteiger charge is -2.23. The zero-order valence-electron chi connectivity index (χ0n) is 7.32. The van der Waals surface area contributed by atoms with Crippen LogP contribution in [0, 0.1) is 11.3 Å². The molecule has 1 rings (SSSR count). The molecule has 0 bridgehead atoms. The average molecular weight is 151 g/mol. The van der Waals surface area contributed by atoms with E-state index < -0.39 is 0 Å². The van der Waals surface area contributed by atoms with E-state index in [-0.39, 0.29) is 0 Å². The second-order valence-electron chi connectivity index (χ2n) is 3.42. The average Bonchev–Trinajstić information content (AvgIpc) is 2.03. The predicted octanol–water partition coefficient (Wildman–Crippen LogP) is 3.16. The number of hydrogen-bond acceptors (Lipinski definition) is 1. The largest absolute Gasteiger partial charge is 0.309 e. The third kappa shape index (κ3) is 2.18. The van der Waals surface area contributed by atoms with Crippen LogP contribution in [0.3, 0.4) is 0 Å². The Morgan fingerprint density at radius 3 is 3.00 bits per heavy atom. The van der Waals surface area contributed by atoms with E-state index in [0.29, 0.717) is 5.92 Å². The van der Waals surface area contributed by atoms with Gasteiger partial charge in [-0.3, -0.25) is 0 Å². The molecule has 1 N–H and O–H groups in total. The minimum absolute atomic E-state index is 0.529. The first kappa shape index (κ1) is 8.51. The van der Waals surface area contributed by atoms with Gasteiger partial charge in [0.15, 0.2) is 0 Å². The Kier molecular flexibility index (Phi) is 2.86. The van der Waals surface area contributed by atoms with Gasteiger partial charge in [-0.2, -0.15) is 0 Å².